The molecule has 2 rings (SSSR count). The normalized spacial score (nSPS) is 20.9. The Morgan fingerprint density at radius 3 is 2.86 bits per heavy atom. The second-order valence-electron chi connectivity index (χ2n) is 3.30. The summed E-state index contributed by atoms with van der Waals surface area (Å²) >= 11 is 0. The Labute approximate surface area is 80.5 Å². The minimum absolute atomic E-state index is 0.113. The summed E-state index contributed by atoms with van der Waals surface area (Å²) in [5.41, 5.74) is 5.85. The molecule has 1 aliphatic heterocycles. The van der Waals surface area contributed by atoms with E-state index < -0.39 is 6.04 Å². The van der Waals surface area contributed by atoms with Crippen molar-refractivity contribution in [3.8, 4) is 0 Å². The average Bonchev–Trinajstić information content (AvgIpc) is 2.56. The van der Waals surface area contributed by atoms with Crippen LogP contribution in [-0.4, -0.2) is 17.0 Å². The summed E-state index contributed by atoms with van der Waals surface area (Å²) in [6, 6.07) is 2.51. The Morgan fingerprint density at radius 1 is 1.43 bits per heavy atom. The van der Waals surface area contributed by atoms with E-state index in [4.69, 9.17) is 5.73 Å². The molecule has 1 aliphatic rings. The number of nitrogens with two attached hydrogens (primary N) is 1. The van der Waals surface area contributed by atoms with Gasteiger partial charge < -0.3 is 15.6 Å². The van der Waals surface area contributed by atoms with Crippen molar-refractivity contribution in [3.63, 3.8) is 0 Å². The fourth-order valence-electron chi connectivity index (χ4n) is 1.61. The first-order chi connectivity index (χ1) is 6.68. The van der Waals surface area contributed by atoms with E-state index in [0.717, 1.165) is 0 Å². The lowest BCUT2D eigenvalue weighted by Gasteiger charge is -2.10. The molecule has 1 aromatic heterocycles. The maximum absolute atomic E-state index is 11.4. The third kappa shape index (κ3) is 1.37. The number of aromatic nitrogens is 1. The maximum Gasteiger partial charge on any atom is 0.251 e. The molecular weight excluding hydrogens is 182 g/mol. The van der Waals surface area contributed by atoms with Crippen LogP contribution in [0.1, 0.15) is 12.5 Å². The Hall–Kier alpha value is -1.78. The number of carbonyl (C=O) groups is 1. The lowest BCUT2D eigenvalue weighted by Crippen LogP contribution is -2.29. The van der Waals surface area contributed by atoms with Crippen molar-refractivity contribution < 1.29 is 4.79 Å². The lowest BCUT2D eigenvalue weighted by atomic mass is 10.2. The molecular formula is C9H11N3O2. The van der Waals surface area contributed by atoms with Crippen LogP contribution in [0, 0.1) is 0 Å². The van der Waals surface area contributed by atoms with E-state index in [1.165, 1.54) is 22.9 Å². The van der Waals surface area contributed by atoms with Crippen LogP contribution < -0.4 is 16.6 Å². The number of rotatable bonds is 1. The maximum atomic E-state index is 11.4. The smallest absolute Gasteiger partial charge is 0.251 e. The molecule has 0 spiro atoms. The van der Waals surface area contributed by atoms with E-state index in [1.54, 1.807) is 0 Å². The summed E-state index contributed by atoms with van der Waals surface area (Å²) in [7, 11) is 0. The lowest BCUT2D eigenvalue weighted by molar-refractivity contribution is -0.121. The molecule has 1 aromatic rings. The highest BCUT2D eigenvalue weighted by Crippen LogP contribution is 2.14. The van der Waals surface area contributed by atoms with E-state index in [2.05, 4.69) is 5.32 Å². The van der Waals surface area contributed by atoms with Crippen LogP contribution in [0.15, 0.2) is 23.1 Å². The molecule has 2 heterocycles. The monoisotopic (exact) mass is 193 g/mol. The van der Waals surface area contributed by atoms with E-state index in [9.17, 15) is 9.59 Å². The van der Waals surface area contributed by atoms with Gasteiger partial charge in [-0.3, -0.25) is 9.59 Å². The average molecular weight is 193 g/mol. The second kappa shape index (κ2) is 3.17. The molecule has 5 heteroatoms. The molecule has 0 radical (unpaired) electrons. The summed E-state index contributed by atoms with van der Waals surface area (Å²) < 4.78 is 1.39. The zero-order chi connectivity index (χ0) is 10.1. The molecule has 0 saturated carbocycles. The Kier molecular flexibility index (Phi) is 1.99. The molecule has 1 unspecified atom stereocenters. The van der Waals surface area contributed by atoms with E-state index in [-0.39, 0.29) is 11.5 Å². The Balaban J connectivity index is 2.45. The molecule has 1 amide bonds. The largest absolute Gasteiger partial charge is 0.398 e. The van der Waals surface area contributed by atoms with Gasteiger partial charge in [0.05, 0.1) is 0 Å². The minimum Gasteiger partial charge on any atom is -0.398 e. The van der Waals surface area contributed by atoms with Gasteiger partial charge in [0.2, 0.25) is 5.91 Å². The first-order valence-corrected chi connectivity index (χ1v) is 4.44. The van der Waals surface area contributed by atoms with Gasteiger partial charge in [-0.05, 0) is 12.5 Å². The predicted octanol–water partition coefficient (Wildman–Crippen LogP) is -0.509. The standard InChI is InChI=1S/C9H11N3O2/c10-6-1-2-8(13)12(5-6)7-3-4-11-9(7)14/h1-2,5,7H,3-4,10H2,(H,11,14). The fraction of sp³-hybridized carbons (Fsp3) is 0.333. The number of carbonyl (C=O) groups excluding carboxylic acids is 1. The molecule has 0 aromatic carbocycles. The highest BCUT2D eigenvalue weighted by molar-refractivity contribution is 5.82. The van der Waals surface area contributed by atoms with Crippen molar-refractivity contribution in [2.24, 2.45) is 0 Å². The number of nitrogen functional groups attached to an aromatic ring is 1. The van der Waals surface area contributed by atoms with Crippen LogP contribution in [0.2, 0.25) is 0 Å². The third-order valence-electron chi connectivity index (χ3n) is 2.32. The molecule has 74 valence electrons. The zero-order valence-corrected chi connectivity index (χ0v) is 7.56. The molecule has 3 N–H and O–H groups in total. The molecule has 5 nitrogen and oxygen atoms in total. The quantitative estimate of drug-likeness (QED) is 0.630. The topological polar surface area (TPSA) is 77.1 Å². The van der Waals surface area contributed by atoms with Crippen molar-refractivity contribution in [1.82, 2.24) is 9.88 Å². The number of anilines is 1. The molecule has 14 heavy (non-hydrogen) atoms. The fourth-order valence-corrected chi connectivity index (χ4v) is 1.61. The first-order valence-electron chi connectivity index (χ1n) is 4.44. The van der Waals surface area contributed by atoms with Gasteiger partial charge >= 0.3 is 0 Å². The summed E-state index contributed by atoms with van der Waals surface area (Å²) in [6.07, 6.45) is 2.15. The van der Waals surface area contributed by atoms with Crippen LogP contribution in [0.4, 0.5) is 5.69 Å². The Morgan fingerprint density at radius 2 is 2.21 bits per heavy atom. The van der Waals surface area contributed by atoms with Crippen LogP contribution in [-0.2, 0) is 4.79 Å². The van der Waals surface area contributed by atoms with E-state index in [0.29, 0.717) is 18.7 Å². The number of amides is 1. The van der Waals surface area contributed by atoms with E-state index in [1.807, 2.05) is 0 Å². The molecule has 1 saturated heterocycles. The minimum atomic E-state index is -0.397. The first kappa shape index (κ1) is 8.80. The highest BCUT2D eigenvalue weighted by atomic mass is 16.2. The van der Waals surface area contributed by atoms with Gasteiger partial charge in [-0.2, -0.15) is 0 Å². The SMILES string of the molecule is Nc1ccc(=O)n(C2CCNC2=O)c1. The van der Waals surface area contributed by atoms with Crippen LogP contribution in [0.3, 0.4) is 0 Å². The zero-order valence-electron chi connectivity index (χ0n) is 7.56. The number of nitrogens with zero attached hydrogens (tertiary/aromatic N) is 1. The van der Waals surface area contributed by atoms with Crippen LogP contribution in [0.5, 0.6) is 0 Å². The summed E-state index contributed by atoms with van der Waals surface area (Å²) in [5.74, 6) is -0.113. The molecule has 0 bridgehead atoms. The summed E-state index contributed by atoms with van der Waals surface area (Å²) in [6.45, 7) is 0.616. The van der Waals surface area contributed by atoms with Crippen molar-refractivity contribution >= 4 is 11.6 Å². The van der Waals surface area contributed by atoms with Gasteiger partial charge in [0, 0.05) is 24.5 Å². The van der Waals surface area contributed by atoms with Gasteiger partial charge in [-0.15, -0.1) is 0 Å². The predicted molar refractivity (Wildman–Crippen MR) is 51.8 cm³/mol. The highest BCUT2D eigenvalue weighted by Gasteiger charge is 2.26. The molecule has 0 aliphatic carbocycles. The van der Waals surface area contributed by atoms with Gasteiger partial charge in [-0.1, -0.05) is 0 Å². The van der Waals surface area contributed by atoms with Gasteiger partial charge in [-0.25, -0.2) is 0 Å². The second-order valence-corrected chi connectivity index (χ2v) is 3.30. The number of pyridine rings is 1. The molecule has 1 fully saturated rings. The number of hydrogen-bond acceptors (Lipinski definition) is 3. The third-order valence-corrected chi connectivity index (χ3v) is 2.32. The van der Waals surface area contributed by atoms with Crippen molar-refractivity contribution in [2.45, 2.75) is 12.5 Å². The van der Waals surface area contributed by atoms with Gasteiger partial charge in [0.25, 0.3) is 5.56 Å². The van der Waals surface area contributed by atoms with Crippen LogP contribution in [0.25, 0.3) is 0 Å². The van der Waals surface area contributed by atoms with E-state index >= 15 is 0 Å². The van der Waals surface area contributed by atoms with Crippen molar-refractivity contribution in [3.05, 3.63) is 28.7 Å². The van der Waals surface area contributed by atoms with Gasteiger partial charge in [0.1, 0.15) is 6.04 Å². The summed E-state index contributed by atoms with van der Waals surface area (Å²) in [5, 5.41) is 2.68. The number of hydrogen-bond donors (Lipinski definition) is 2. The Bertz CT molecular complexity index is 424. The van der Waals surface area contributed by atoms with Gasteiger partial charge in [0.15, 0.2) is 0 Å². The van der Waals surface area contributed by atoms with Crippen molar-refractivity contribution in [2.75, 3.05) is 12.3 Å². The summed E-state index contributed by atoms with van der Waals surface area (Å²) in [4.78, 5) is 22.8. The number of nitrogens with one attached hydrogen (secondary N) is 1. The van der Waals surface area contributed by atoms with Crippen LogP contribution >= 0.6 is 0 Å². The van der Waals surface area contributed by atoms with Crippen molar-refractivity contribution in [1.29, 1.82) is 0 Å². The molecule has 1 atom stereocenters.